The zero-order chi connectivity index (χ0) is 21.5. The molecule has 0 radical (unpaired) electrons. The number of rotatable bonds is 6. The quantitative estimate of drug-likeness (QED) is 0.578. The molecule has 154 valence electrons. The van der Waals surface area contributed by atoms with Crippen LogP contribution in [0.3, 0.4) is 0 Å². The number of ether oxygens (including phenoxy) is 4. The Morgan fingerprint density at radius 1 is 1.23 bits per heavy atom. The number of nitrogens with one attached hydrogen (secondary N) is 1. The van der Waals surface area contributed by atoms with Gasteiger partial charge < -0.3 is 24.3 Å². The molecule has 8 heteroatoms. The van der Waals surface area contributed by atoms with Gasteiger partial charge in [-0.05, 0) is 48.9 Å². The number of nitriles is 1. The maximum Gasteiger partial charge on any atom is 0.331 e. The van der Waals surface area contributed by atoms with Crippen LogP contribution in [0, 0.1) is 11.3 Å². The van der Waals surface area contributed by atoms with Gasteiger partial charge in [-0.1, -0.05) is 6.07 Å². The third kappa shape index (κ3) is 5.08. The molecule has 1 aliphatic rings. The molecular formula is C22H20N2O6. The van der Waals surface area contributed by atoms with Crippen LogP contribution in [0.15, 0.2) is 42.5 Å². The normalized spacial score (nSPS) is 13.2. The number of nitrogens with zero attached hydrogens (tertiary/aromatic N) is 1. The molecule has 0 saturated heterocycles. The summed E-state index contributed by atoms with van der Waals surface area (Å²) in [7, 11) is 1.52. The van der Waals surface area contributed by atoms with E-state index in [9.17, 15) is 9.59 Å². The highest BCUT2D eigenvalue weighted by Crippen LogP contribution is 2.40. The molecule has 0 fully saturated rings. The average molecular weight is 408 g/mol. The summed E-state index contributed by atoms with van der Waals surface area (Å²) in [5.41, 5.74) is 1.51. The fraction of sp³-hybridized carbons (Fsp3) is 0.227. The van der Waals surface area contributed by atoms with Crippen molar-refractivity contribution in [3.63, 3.8) is 0 Å². The Morgan fingerprint density at radius 2 is 2.03 bits per heavy atom. The predicted molar refractivity (Wildman–Crippen MR) is 108 cm³/mol. The lowest BCUT2D eigenvalue weighted by atomic mass is 10.1. The SMILES string of the molecule is COc1cc(/C=C/C(=O)O[C@H](C)C(=O)Nc2cccc(C#N)c2)cc2c1OCCO2. The lowest BCUT2D eigenvalue weighted by molar-refractivity contribution is -0.148. The van der Waals surface area contributed by atoms with Crippen LogP contribution < -0.4 is 19.5 Å². The first-order valence-electron chi connectivity index (χ1n) is 9.17. The Bertz CT molecular complexity index is 1010. The summed E-state index contributed by atoms with van der Waals surface area (Å²) in [5, 5.41) is 11.5. The second-order valence-electron chi connectivity index (χ2n) is 6.34. The molecular weight excluding hydrogens is 388 g/mol. The van der Waals surface area contributed by atoms with Crippen molar-refractivity contribution in [3.8, 4) is 23.3 Å². The fourth-order valence-electron chi connectivity index (χ4n) is 2.73. The third-order valence-electron chi connectivity index (χ3n) is 4.18. The summed E-state index contributed by atoms with van der Waals surface area (Å²) >= 11 is 0. The fourth-order valence-corrected chi connectivity index (χ4v) is 2.73. The van der Waals surface area contributed by atoms with Gasteiger partial charge in [0.1, 0.15) is 13.2 Å². The summed E-state index contributed by atoms with van der Waals surface area (Å²) in [6, 6.07) is 11.9. The van der Waals surface area contributed by atoms with Crippen LogP contribution in [0.4, 0.5) is 5.69 Å². The summed E-state index contributed by atoms with van der Waals surface area (Å²) in [6.45, 7) is 2.32. The van der Waals surface area contributed by atoms with E-state index in [1.165, 1.54) is 32.3 Å². The van der Waals surface area contributed by atoms with Gasteiger partial charge >= 0.3 is 5.97 Å². The van der Waals surface area contributed by atoms with Gasteiger partial charge in [0.15, 0.2) is 17.6 Å². The van der Waals surface area contributed by atoms with Gasteiger partial charge in [0.2, 0.25) is 5.75 Å². The second-order valence-corrected chi connectivity index (χ2v) is 6.34. The number of hydrogen-bond acceptors (Lipinski definition) is 7. The van der Waals surface area contributed by atoms with E-state index in [0.717, 1.165) is 0 Å². The van der Waals surface area contributed by atoms with Crippen molar-refractivity contribution in [2.24, 2.45) is 0 Å². The molecule has 0 bridgehead atoms. The third-order valence-corrected chi connectivity index (χ3v) is 4.18. The molecule has 8 nitrogen and oxygen atoms in total. The van der Waals surface area contributed by atoms with Crippen molar-refractivity contribution in [2.75, 3.05) is 25.6 Å². The summed E-state index contributed by atoms with van der Waals surface area (Å²) in [6.07, 6.45) is 1.72. The molecule has 30 heavy (non-hydrogen) atoms. The smallest absolute Gasteiger partial charge is 0.331 e. The standard InChI is InChI=1S/C22H20N2O6/c1-14(22(26)24-17-5-3-4-16(10-17)13-23)30-20(25)7-6-15-11-18(27-2)21-19(12-15)28-8-9-29-21/h3-7,10-12,14H,8-9H2,1-2H3,(H,24,26)/b7-6+/t14-/m1/s1. The minimum atomic E-state index is -1.03. The number of hydrogen-bond donors (Lipinski definition) is 1. The second kappa shape index (κ2) is 9.47. The van der Waals surface area contributed by atoms with Crippen LogP contribution in [0.5, 0.6) is 17.2 Å². The van der Waals surface area contributed by atoms with Crippen LogP contribution in [-0.4, -0.2) is 38.3 Å². The van der Waals surface area contributed by atoms with Gasteiger partial charge in [0.05, 0.1) is 18.7 Å². The van der Waals surface area contributed by atoms with Gasteiger partial charge in [-0.25, -0.2) is 4.79 Å². The molecule has 1 N–H and O–H groups in total. The molecule has 0 spiro atoms. The Labute approximate surface area is 173 Å². The maximum absolute atomic E-state index is 12.2. The highest BCUT2D eigenvalue weighted by molar-refractivity contribution is 5.96. The minimum absolute atomic E-state index is 0.412. The first-order valence-corrected chi connectivity index (χ1v) is 9.17. The van der Waals surface area contributed by atoms with Crippen molar-refractivity contribution >= 4 is 23.6 Å². The van der Waals surface area contributed by atoms with Gasteiger partial charge in [-0.15, -0.1) is 0 Å². The van der Waals surface area contributed by atoms with Crippen LogP contribution >= 0.6 is 0 Å². The number of benzene rings is 2. The van der Waals surface area contributed by atoms with Gasteiger partial charge in [-0.3, -0.25) is 4.79 Å². The number of carbonyl (C=O) groups excluding carboxylic acids is 2. The van der Waals surface area contributed by atoms with Crippen molar-refractivity contribution < 1.29 is 28.5 Å². The van der Waals surface area contributed by atoms with Gasteiger partial charge in [0, 0.05) is 11.8 Å². The highest BCUT2D eigenvalue weighted by atomic mass is 16.6. The van der Waals surface area contributed by atoms with E-state index < -0.39 is 18.0 Å². The molecule has 0 aliphatic carbocycles. The number of amides is 1. The zero-order valence-corrected chi connectivity index (χ0v) is 16.5. The molecule has 1 amide bonds. The molecule has 3 rings (SSSR count). The molecule has 0 saturated carbocycles. The van der Waals surface area contributed by atoms with Crippen LogP contribution in [0.25, 0.3) is 6.08 Å². The van der Waals surface area contributed by atoms with Gasteiger partial charge in [-0.2, -0.15) is 5.26 Å². The Balaban J connectivity index is 1.61. The molecule has 1 aliphatic heterocycles. The number of methoxy groups -OCH3 is 1. The monoisotopic (exact) mass is 408 g/mol. The van der Waals surface area contributed by atoms with Crippen molar-refractivity contribution in [1.29, 1.82) is 5.26 Å². The lowest BCUT2D eigenvalue weighted by Gasteiger charge is -2.20. The van der Waals surface area contributed by atoms with Crippen molar-refractivity contribution in [1.82, 2.24) is 0 Å². The number of anilines is 1. The number of esters is 1. The zero-order valence-electron chi connectivity index (χ0n) is 16.5. The topological polar surface area (TPSA) is 107 Å². The van der Waals surface area contributed by atoms with E-state index in [0.29, 0.717) is 47.3 Å². The van der Waals surface area contributed by atoms with E-state index >= 15 is 0 Å². The minimum Gasteiger partial charge on any atom is -0.493 e. The van der Waals surface area contributed by atoms with E-state index in [1.54, 1.807) is 30.3 Å². The Morgan fingerprint density at radius 3 is 2.80 bits per heavy atom. The summed E-state index contributed by atoms with van der Waals surface area (Å²) in [5.74, 6) is 0.355. The molecule has 0 aromatic heterocycles. The highest BCUT2D eigenvalue weighted by Gasteiger charge is 2.19. The molecule has 0 unspecified atom stereocenters. The number of carbonyl (C=O) groups is 2. The summed E-state index contributed by atoms with van der Waals surface area (Å²) < 4.78 is 21.5. The maximum atomic E-state index is 12.2. The molecule has 1 heterocycles. The molecule has 2 aromatic carbocycles. The lowest BCUT2D eigenvalue weighted by Crippen LogP contribution is -2.29. The van der Waals surface area contributed by atoms with E-state index in [4.69, 9.17) is 24.2 Å². The van der Waals surface area contributed by atoms with E-state index in [2.05, 4.69) is 5.32 Å². The predicted octanol–water partition coefficient (Wildman–Crippen LogP) is 2.92. The van der Waals surface area contributed by atoms with Crippen LogP contribution in [-0.2, 0) is 14.3 Å². The molecule has 2 aromatic rings. The first kappa shape index (κ1) is 20.7. The van der Waals surface area contributed by atoms with E-state index in [1.807, 2.05) is 6.07 Å². The van der Waals surface area contributed by atoms with Gasteiger partial charge in [0.25, 0.3) is 5.91 Å². The largest absolute Gasteiger partial charge is 0.493 e. The Kier molecular flexibility index (Phi) is 6.55. The van der Waals surface area contributed by atoms with Crippen LogP contribution in [0.1, 0.15) is 18.1 Å². The van der Waals surface area contributed by atoms with E-state index in [-0.39, 0.29) is 0 Å². The Hall–Kier alpha value is -3.99. The van der Waals surface area contributed by atoms with Crippen LogP contribution in [0.2, 0.25) is 0 Å². The summed E-state index contributed by atoms with van der Waals surface area (Å²) in [4.78, 5) is 24.3. The first-order chi connectivity index (χ1) is 14.5. The van der Waals surface area contributed by atoms with Crippen molar-refractivity contribution in [3.05, 3.63) is 53.6 Å². The number of fused-ring (bicyclic) bond motifs is 1. The average Bonchev–Trinajstić information content (AvgIpc) is 2.77. The van der Waals surface area contributed by atoms with Crippen molar-refractivity contribution in [2.45, 2.75) is 13.0 Å². The molecule has 1 atom stereocenters.